The topological polar surface area (TPSA) is 234 Å². The molecule has 5 saturated heterocycles. The molecular formula is C60H74N12O8S. The Kier molecular flexibility index (Phi) is 15.9. The van der Waals surface area contributed by atoms with Crippen molar-refractivity contribution in [2.75, 3.05) is 74.4 Å². The number of amides is 2. The number of aliphatic hydroxyl groups excluding tert-OH is 1. The first kappa shape index (κ1) is 54.7. The van der Waals surface area contributed by atoms with E-state index in [9.17, 15) is 19.8 Å². The molecular weight excluding hydrogens is 1050 g/mol. The minimum atomic E-state index is -0.823. The van der Waals surface area contributed by atoms with Gasteiger partial charge < -0.3 is 59.6 Å². The first-order valence-corrected chi connectivity index (χ1v) is 29.7. The monoisotopic (exact) mass is 1120 g/mol. The number of aliphatic hydroxyl groups is 1. The maximum atomic E-state index is 14.3. The number of aryl methyl sites for hydroxylation is 1. The van der Waals surface area contributed by atoms with Crippen LogP contribution in [0.2, 0.25) is 0 Å². The molecule has 0 radical (unpaired) electrons. The van der Waals surface area contributed by atoms with Gasteiger partial charge in [0.2, 0.25) is 17.7 Å². The van der Waals surface area contributed by atoms with E-state index in [2.05, 4.69) is 62.4 Å². The second kappa shape index (κ2) is 23.5. The third-order valence-corrected chi connectivity index (χ3v) is 18.4. The molecule has 1 aliphatic carbocycles. The number of rotatable bonds is 19. The standard InChI is InChI=1S/C60H74N12O8S/c1-35(2)56(60(76)71-31-43(73)24-51(71)59(75)64-36(3)38-9-11-39(12-10-38)57-37(4)63-34-81-57)53-28-55(67-80-53)79-47-32-69(33-47)22-21-68-19-16-44(17-20-68)77-45-25-46(26-45)78-54-23-40(15-18-62-54)72-41-13-14-42(72)30-70(29-41)50-27-49(65-66-58(50)61)48-7-5-6-8-52(48)74/h5-12,15,18,23,27-28,34-36,41-47,51,56,73-74H,13-14,16-17,19-22,24-26,29-33H2,1-4H3,(H2,61,66)(H,64,75)/t36-,41+,42?,43+,45?,46?,51-,56-/m0/s1. The van der Waals surface area contributed by atoms with Gasteiger partial charge in [-0.25, -0.2) is 9.97 Å². The van der Waals surface area contributed by atoms with Gasteiger partial charge in [0, 0.05) is 120 Å². The van der Waals surface area contributed by atoms with Gasteiger partial charge in [-0.3, -0.25) is 14.5 Å². The van der Waals surface area contributed by atoms with Gasteiger partial charge in [-0.1, -0.05) is 50.2 Å². The van der Waals surface area contributed by atoms with Crippen molar-refractivity contribution in [3.63, 3.8) is 0 Å². The predicted octanol–water partition coefficient (Wildman–Crippen LogP) is 6.84. The van der Waals surface area contributed by atoms with E-state index in [4.69, 9.17) is 24.5 Å². The molecule has 1 saturated carbocycles. The Morgan fingerprint density at radius 1 is 0.815 bits per heavy atom. The molecule has 2 amide bonds. The van der Waals surface area contributed by atoms with Gasteiger partial charge in [0.1, 0.15) is 29.9 Å². The molecule has 5 aliphatic heterocycles. The van der Waals surface area contributed by atoms with Crippen LogP contribution in [0.4, 0.5) is 17.2 Å². The number of fused-ring (bicyclic) bond motifs is 2. The van der Waals surface area contributed by atoms with E-state index < -0.39 is 18.1 Å². The van der Waals surface area contributed by atoms with Crippen LogP contribution in [-0.4, -0.2) is 170 Å². The Hall–Kier alpha value is -6.91. The Labute approximate surface area is 476 Å². The lowest BCUT2D eigenvalue weighted by Crippen LogP contribution is -2.56. The number of carbonyl (C=O) groups is 2. The highest BCUT2D eigenvalue weighted by atomic mass is 32.1. The molecule has 9 heterocycles. The second-order valence-corrected chi connectivity index (χ2v) is 24.2. The van der Waals surface area contributed by atoms with Crippen molar-refractivity contribution in [2.45, 2.75) is 133 Å². The first-order chi connectivity index (χ1) is 39.3. The fourth-order valence-corrected chi connectivity index (χ4v) is 13.7. The third-order valence-electron chi connectivity index (χ3n) is 17.4. The highest BCUT2D eigenvalue weighted by Gasteiger charge is 2.45. The maximum absolute atomic E-state index is 14.3. The van der Waals surface area contributed by atoms with E-state index in [0.717, 1.165) is 124 Å². The molecule has 20 nitrogen and oxygen atoms in total. The van der Waals surface area contributed by atoms with Crippen LogP contribution in [-0.2, 0) is 14.3 Å². The number of piperidine rings is 1. The summed E-state index contributed by atoms with van der Waals surface area (Å²) >= 11 is 1.59. The second-order valence-electron chi connectivity index (χ2n) is 23.4. The number of nitrogens with one attached hydrogen (secondary N) is 1. The number of likely N-dealkylation sites (tertiary alicyclic amines) is 3. The van der Waals surface area contributed by atoms with Crippen LogP contribution in [0.15, 0.2) is 89.0 Å². The lowest BCUT2D eigenvalue weighted by Gasteiger charge is -2.43. The maximum Gasteiger partial charge on any atom is 0.254 e. The molecule has 21 heteroatoms. The summed E-state index contributed by atoms with van der Waals surface area (Å²) in [6.45, 7) is 14.9. The number of thiazole rings is 1. The van der Waals surface area contributed by atoms with Gasteiger partial charge in [-0.15, -0.1) is 21.5 Å². The van der Waals surface area contributed by atoms with Crippen LogP contribution in [0, 0.1) is 12.8 Å². The summed E-state index contributed by atoms with van der Waals surface area (Å²) in [4.78, 5) is 49.4. The zero-order valence-electron chi connectivity index (χ0n) is 46.5. The van der Waals surface area contributed by atoms with Crippen molar-refractivity contribution >= 4 is 40.3 Å². The molecule has 2 aromatic carbocycles. The molecule has 1 unspecified atom stereocenters. The molecule has 6 aromatic rings. The van der Waals surface area contributed by atoms with Gasteiger partial charge in [0.15, 0.2) is 11.6 Å². The number of aromatic nitrogens is 5. The van der Waals surface area contributed by atoms with Crippen molar-refractivity contribution in [3.05, 3.63) is 102 Å². The Bertz CT molecular complexity index is 3140. The molecule has 6 atom stereocenters. The van der Waals surface area contributed by atoms with E-state index in [0.29, 0.717) is 46.7 Å². The van der Waals surface area contributed by atoms with Crippen LogP contribution >= 0.6 is 11.3 Å². The Morgan fingerprint density at radius 2 is 1.56 bits per heavy atom. The lowest BCUT2D eigenvalue weighted by atomic mass is 9.91. The average molecular weight is 1120 g/mol. The number of nitrogens with zero attached hydrogens (tertiary/aromatic N) is 10. The average Bonchev–Trinajstić information content (AvgIpc) is 4.46. The van der Waals surface area contributed by atoms with Gasteiger partial charge in [-0.05, 0) is 86.0 Å². The highest BCUT2D eigenvalue weighted by Crippen LogP contribution is 2.41. The SMILES string of the molecule is Cc1ncsc1-c1ccc([C@H](C)NC(=O)[C@@H]2C[C@@H](O)CN2C(=O)[C@H](c2cc(OC3CN(CCN4CCC(OC5CC(Oc6cc(N7C8CC[C@@H]7CN(c7cc(-c9ccccc9O)nnc7N)C8)ccn6)C5)CC4)C3)no2)C(C)C)cc1. The van der Waals surface area contributed by atoms with Crippen LogP contribution < -0.4 is 30.3 Å². The number of ether oxygens (including phenoxy) is 3. The molecule has 4 aromatic heterocycles. The molecule has 6 aliphatic rings. The first-order valence-electron chi connectivity index (χ1n) is 28.9. The summed E-state index contributed by atoms with van der Waals surface area (Å²) in [6, 6.07) is 22.5. The van der Waals surface area contributed by atoms with Crippen molar-refractivity contribution in [2.24, 2.45) is 5.92 Å². The van der Waals surface area contributed by atoms with Crippen LogP contribution in [0.5, 0.6) is 17.5 Å². The zero-order chi connectivity index (χ0) is 55.9. The summed E-state index contributed by atoms with van der Waals surface area (Å²) in [7, 11) is 0. The van der Waals surface area contributed by atoms with Crippen molar-refractivity contribution in [1.29, 1.82) is 0 Å². The number of anilines is 3. The number of β-amino-alcohol motifs (C(OH)–C–C–N with tert-alkyl or cyclic N) is 1. The van der Waals surface area contributed by atoms with Crippen LogP contribution in [0.25, 0.3) is 21.7 Å². The van der Waals surface area contributed by atoms with Crippen LogP contribution in [0.3, 0.4) is 0 Å². The minimum absolute atomic E-state index is 0.0377. The van der Waals surface area contributed by atoms with Crippen molar-refractivity contribution in [1.82, 2.24) is 45.3 Å². The fourth-order valence-electron chi connectivity index (χ4n) is 12.9. The molecule has 5 N–H and O–H groups in total. The van der Waals surface area contributed by atoms with Gasteiger partial charge >= 0.3 is 0 Å². The molecule has 2 bridgehead atoms. The summed E-state index contributed by atoms with van der Waals surface area (Å²) in [5.41, 5.74) is 14.4. The number of aromatic hydroxyl groups is 1. The lowest BCUT2D eigenvalue weighted by molar-refractivity contribution is -0.141. The number of pyridine rings is 1. The number of benzene rings is 2. The number of para-hydroxylation sites is 1. The summed E-state index contributed by atoms with van der Waals surface area (Å²) in [5.74, 6) is 0.463. The number of hydrogen-bond acceptors (Lipinski definition) is 19. The Balaban J connectivity index is 0.545. The number of nitrogens with two attached hydrogens (primary N) is 1. The number of carbonyl (C=O) groups excluding carboxylic acids is 2. The van der Waals surface area contributed by atoms with Gasteiger partial charge in [0.25, 0.3) is 5.88 Å². The molecule has 81 heavy (non-hydrogen) atoms. The molecule has 6 fully saturated rings. The van der Waals surface area contributed by atoms with E-state index in [1.54, 1.807) is 29.5 Å². The highest BCUT2D eigenvalue weighted by molar-refractivity contribution is 7.13. The largest absolute Gasteiger partial charge is 0.507 e. The van der Waals surface area contributed by atoms with Gasteiger partial charge in [0.05, 0.1) is 51.8 Å². The van der Waals surface area contributed by atoms with E-state index in [1.165, 1.54) is 4.90 Å². The van der Waals surface area contributed by atoms with Crippen LogP contribution in [0.1, 0.15) is 94.7 Å². The van der Waals surface area contributed by atoms with Gasteiger partial charge in [-0.2, -0.15) is 0 Å². The molecule has 428 valence electrons. The van der Waals surface area contributed by atoms with E-state index in [-0.39, 0.29) is 66.9 Å². The minimum Gasteiger partial charge on any atom is -0.507 e. The zero-order valence-corrected chi connectivity index (χ0v) is 47.4. The van der Waals surface area contributed by atoms with Crippen molar-refractivity contribution < 1.29 is 38.5 Å². The summed E-state index contributed by atoms with van der Waals surface area (Å²) in [5, 5.41) is 37.1. The number of phenols is 1. The van der Waals surface area contributed by atoms with E-state index >= 15 is 0 Å². The summed E-state index contributed by atoms with van der Waals surface area (Å²) in [6.07, 6.45) is 7.59. The Morgan fingerprint density at radius 3 is 2.28 bits per heavy atom. The van der Waals surface area contributed by atoms with Crippen molar-refractivity contribution in [3.8, 4) is 39.2 Å². The number of piperazine rings is 1. The molecule has 0 spiro atoms. The number of nitrogen functional groups attached to an aromatic ring is 1. The third kappa shape index (κ3) is 11.9. The fraction of sp³-hybridized carbons (Fsp3) is 0.517. The van der Waals surface area contributed by atoms with E-state index in [1.807, 2.05) is 81.9 Å². The quantitative estimate of drug-likeness (QED) is 0.0650. The smallest absolute Gasteiger partial charge is 0.254 e. The summed E-state index contributed by atoms with van der Waals surface area (Å²) < 4.78 is 25.0. The predicted molar refractivity (Wildman–Crippen MR) is 307 cm³/mol. The molecule has 12 rings (SSSR count). The number of hydrogen-bond donors (Lipinski definition) is 4. The normalized spacial score (nSPS) is 24.2. The number of phenolic OH excluding ortho intramolecular Hbond substituents is 1.